The predicted octanol–water partition coefficient (Wildman–Crippen LogP) is 2.53. The van der Waals surface area contributed by atoms with Crippen LogP contribution in [0.25, 0.3) is 0 Å². The van der Waals surface area contributed by atoms with Gasteiger partial charge in [-0.3, -0.25) is 9.59 Å². The quantitative estimate of drug-likeness (QED) is 0.778. The fraction of sp³-hybridized carbons (Fsp3) is 0.250. The Morgan fingerprint density at radius 3 is 2.80 bits per heavy atom. The molecule has 0 aliphatic carbocycles. The predicted molar refractivity (Wildman–Crippen MR) is 117 cm³/mol. The minimum absolute atomic E-state index is 0.0199. The van der Waals surface area contributed by atoms with Gasteiger partial charge < -0.3 is 15.1 Å². The molecule has 156 valence electrons. The number of hydrogen-bond donors (Lipinski definition) is 1. The summed E-state index contributed by atoms with van der Waals surface area (Å²) >= 11 is 1.25. The Morgan fingerprint density at radius 2 is 2.03 bits per heavy atom. The van der Waals surface area contributed by atoms with E-state index < -0.39 is 10.0 Å². The molecule has 1 N–H and O–H groups in total. The van der Waals surface area contributed by atoms with E-state index >= 15 is 0 Å². The van der Waals surface area contributed by atoms with Crippen LogP contribution in [0.1, 0.15) is 22.8 Å². The average molecular weight is 445 g/mol. The van der Waals surface area contributed by atoms with E-state index in [1.54, 1.807) is 30.1 Å². The molecule has 2 heterocycles. The maximum absolute atomic E-state index is 12.7. The molecule has 2 amide bonds. The first-order valence-electron chi connectivity index (χ1n) is 9.26. The molecule has 0 unspecified atom stereocenters. The van der Waals surface area contributed by atoms with Crippen LogP contribution in [0.3, 0.4) is 0 Å². The molecule has 0 atom stereocenters. The molecule has 2 aromatic carbocycles. The minimum Gasteiger partial charge on any atom is -0.342 e. The van der Waals surface area contributed by atoms with Gasteiger partial charge in [0.1, 0.15) is 0 Å². The third-order valence-electron chi connectivity index (χ3n) is 4.88. The van der Waals surface area contributed by atoms with Crippen LogP contribution >= 0.6 is 11.8 Å². The summed E-state index contributed by atoms with van der Waals surface area (Å²) in [6.45, 7) is 2.31. The van der Waals surface area contributed by atoms with Crippen LogP contribution in [0.15, 0.2) is 51.8 Å². The van der Waals surface area contributed by atoms with Gasteiger partial charge in [-0.2, -0.15) is 0 Å². The van der Waals surface area contributed by atoms with Crippen molar-refractivity contribution in [1.82, 2.24) is 4.90 Å². The van der Waals surface area contributed by atoms with Gasteiger partial charge >= 0.3 is 0 Å². The molecular weight excluding hydrogens is 424 g/mol. The number of thioether (sulfide) groups is 1. The number of carbonyl (C=O) groups is 2. The monoisotopic (exact) mass is 444 g/mol. The van der Waals surface area contributed by atoms with Crippen molar-refractivity contribution in [2.75, 3.05) is 29.6 Å². The molecule has 2 aliphatic rings. The fourth-order valence-electron chi connectivity index (χ4n) is 3.21. The van der Waals surface area contributed by atoms with Gasteiger partial charge in [-0.1, -0.05) is 12.1 Å². The summed E-state index contributed by atoms with van der Waals surface area (Å²) in [5.41, 5.74) is 2.87. The molecule has 30 heavy (non-hydrogen) atoms. The van der Waals surface area contributed by atoms with Crippen molar-refractivity contribution in [3.05, 3.63) is 53.6 Å². The van der Waals surface area contributed by atoms with Gasteiger partial charge in [-0.05, 0) is 47.7 Å². The van der Waals surface area contributed by atoms with Crippen LogP contribution in [0.5, 0.6) is 0 Å². The van der Waals surface area contributed by atoms with E-state index in [2.05, 4.69) is 9.71 Å². The number of fused-ring (bicyclic) bond motifs is 3. The van der Waals surface area contributed by atoms with E-state index in [0.717, 1.165) is 16.1 Å². The highest BCUT2D eigenvalue weighted by Crippen LogP contribution is 2.42. The van der Waals surface area contributed by atoms with Gasteiger partial charge in [0.25, 0.3) is 15.9 Å². The zero-order valence-electron chi connectivity index (χ0n) is 16.5. The van der Waals surface area contributed by atoms with Crippen molar-refractivity contribution < 1.29 is 18.0 Å². The van der Waals surface area contributed by atoms with Crippen LogP contribution in [0.4, 0.5) is 11.4 Å². The third kappa shape index (κ3) is 4.19. The maximum atomic E-state index is 12.7. The molecule has 0 saturated carbocycles. The first kappa shape index (κ1) is 20.4. The standard InChI is InChI=1S/C20H20N4O4S2/c1-13(25)23(2)12-14-4-3-5-16(10-14)21-19(26)15-6-7-17-18(11-15)29-20-22-30(27,28)9-8-24(17)20/h3-7,10-11H,8-9,12H2,1-2H3,(H,21,26). The Bertz CT molecular complexity index is 1180. The lowest BCUT2D eigenvalue weighted by atomic mass is 10.1. The lowest BCUT2D eigenvalue weighted by Crippen LogP contribution is -2.35. The van der Waals surface area contributed by atoms with Crippen LogP contribution in [0.2, 0.25) is 0 Å². The number of nitrogens with one attached hydrogen (secondary N) is 1. The van der Waals surface area contributed by atoms with Gasteiger partial charge in [-0.15, -0.1) is 4.40 Å². The second kappa shape index (κ2) is 7.77. The van der Waals surface area contributed by atoms with Crippen LogP contribution in [-0.2, 0) is 21.4 Å². The number of nitrogens with zero attached hydrogens (tertiary/aromatic N) is 3. The molecule has 8 nitrogen and oxygen atoms in total. The van der Waals surface area contributed by atoms with Crippen molar-refractivity contribution in [3.63, 3.8) is 0 Å². The molecule has 0 radical (unpaired) electrons. The molecular formula is C20H20N4O4S2. The molecule has 2 aromatic rings. The van der Waals surface area contributed by atoms with Gasteiger partial charge in [0.2, 0.25) is 5.91 Å². The van der Waals surface area contributed by atoms with Gasteiger partial charge in [0, 0.05) is 43.2 Å². The largest absolute Gasteiger partial charge is 0.342 e. The fourth-order valence-corrected chi connectivity index (χ4v) is 5.50. The second-order valence-corrected chi connectivity index (χ2v) is 9.89. The Hall–Kier alpha value is -2.85. The summed E-state index contributed by atoms with van der Waals surface area (Å²) in [5, 5.41) is 3.30. The highest BCUT2D eigenvalue weighted by atomic mass is 32.2. The smallest absolute Gasteiger partial charge is 0.257 e. The van der Waals surface area contributed by atoms with E-state index in [9.17, 15) is 18.0 Å². The summed E-state index contributed by atoms with van der Waals surface area (Å²) in [4.78, 5) is 28.4. The number of hydrogen-bond acceptors (Lipinski definition) is 6. The Morgan fingerprint density at radius 1 is 1.23 bits per heavy atom. The Kier molecular flexibility index (Phi) is 5.29. The molecule has 0 bridgehead atoms. The summed E-state index contributed by atoms with van der Waals surface area (Å²) in [6, 6.07) is 12.6. The van der Waals surface area contributed by atoms with Crippen LogP contribution in [-0.4, -0.2) is 49.6 Å². The van der Waals surface area contributed by atoms with Crippen LogP contribution < -0.4 is 10.2 Å². The summed E-state index contributed by atoms with van der Waals surface area (Å²) in [5.74, 6) is -0.322. The van der Waals surface area contributed by atoms with E-state index in [0.29, 0.717) is 29.5 Å². The lowest BCUT2D eigenvalue weighted by Gasteiger charge is -2.22. The first-order valence-corrected chi connectivity index (χ1v) is 11.7. The summed E-state index contributed by atoms with van der Waals surface area (Å²) < 4.78 is 27.3. The molecule has 0 saturated heterocycles. The van der Waals surface area contributed by atoms with E-state index in [4.69, 9.17) is 0 Å². The molecule has 4 rings (SSSR count). The normalized spacial score (nSPS) is 16.3. The SMILES string of the molecule is CC(=O)N(C)Cc1cccc(NC(=O)c2ccc3c(c2)SC2=NS(=O)(=O)CCN23)c1. The molecule has 0 fully saturated rings. The van der Waals surface area contributed by atoms with Crippen molar-refractivity contribution in [3.8, 4) is 0 Å². The second-order valence-electron chi connectivity index (χ2n) is 7.13. The Balaban J connectivity index is 1.51. The minimum atomic E-state index is -3.42. The van der Waals surface area contributed by atoms with E-state index in [1.165, 1.54) is 18.7 Å². The number of amidine groups is 1. The first-order chi connectivity index (χ1) is 14.2. The van der Waals surface area contributed by atoms with Crippen molar-refractivity contribution >= 4 is 50.1 Å². The number of amides is 2. The number of sulfonamides is 1. The lowest BCUT2D eigenvalue weighted by molar-refractivity contribution is -0.128. The molecule has 2 aliphatic heterocycles. The van der Waals surface area contributed by atoms with E-state index in [-0.39, 0.29) is 17.6 Å². The highest BCUT2D eigenvalue weighted by Gasteiger charge is 2.33. The number of carbonyl (C=O) groups excluding carboxylic acids is 2. The van der Waals surface area contributed by atoms with Gasteiger partial charge in [-0.25, -0.2) is 8.42 Å². The Labute approximate surface area is 179 Å². The van der Waals surface area contributed by atoms with Crippen LogP contribution in [0, 0.1) is 0 Å². The molecule has 0 aromatic heterocycles. The number of rotatable bonds is 4. The zero-order valence-corrected chi connectivity index (χ0v) is 18.1. The summed E-state index contributed by atoms with van der Waals surface area (Å²) in [6.07, 6.45) is 0. The summed E-state index contributed by atoms with van der Waals surface area (Å²) in [7, 11) is -1.70. The number of anilines is 2. The van der Waals surface area contributed by atoms with Gasteiger partial charge in [0.05, 0.1) is 11.4 Å². The molecule has 10 heteroatoms. The van der Waals surface area contributed by atoms with Gasteiger partial charge in [0.15, 0.2) is 5.17 Å². The van der Waals surface area contributed by atoms with Crippen molar-refractivity contribution in [1.29, 1.82) is 0 Å². The maximum Gasteiger partial charge on any atom is 0.257 e. The van der Waals surface area contributed by atoms with E-state index in [1.807, 2.05) is 29.2 Å². The average Bonchev–Trinajstić information content (AvgIpc) is 3.03. The third-order valence-corrected chi connectivity index (χ3v) is 7.18. The van der Waals surface area contributed by atoms with Crippen molar-refractivity contribution in [2.24, 2.45) is 4.40 Å². The number of benzene rings is 2. The highest BCUT2D eigenvalue weighted by molar-refractivity contribution is 8.15. The topological polar surface area (TPSA) is 99.1 Å². The zero-order chi connectivity index (χ0) is 21.5. The van der Waals surface area contributed by atoms with Crippen molar-refractivity contribution in [2.45, 2.75) is 18.4 Å². The molecule has 0 spiro atoms.